The van der Waals surface area contributed by atoms with Crippen molar-refractivity contribution >= 4 is 11.8 Å². The molecule has 0 bridgehead atoms. The molecular formula is C12H21N3S. The van der Waals surface area contributed by atoms with Crippen molar-refractivity contribution in [3.8, 4) is 0 Å². The number of thioether (sulfide) groups is 1. The lowest BCUT2D eigenvalue weighted by Gasteiger charge is -2.26. The molecule has 90 valence electrons. The van der Waals surface area contributed by atoms with Crippen LogP contribution in [-0.2, 0) is 0 Å². The quantitative estimate of drug-likeness (QED) is 0.613. The highest BCUT2D eigenvalue weighted by Gasteiger charge is 2.16. The Labute approximate surface area is 102 Å². The first-order valence-electron chi connectivity index (χ1n) is 6.20. The van der Waals surface area contributed by atoms with Gasteiger partial charge in [0.05, 0.1) is 0 Å². The van der Waals surface area contributed by atoms with E-state index in [1.165, 1.54) is 25.7 Å². The van der Waals surface area contributed by atoms with E-state index in [4.69, 9.17) is 0 Å². The minimum atomic E-state index is 0.758. The predicted octanol–water partition coefficient (Wildman–Crippen LogP) is 2.67. The first kappa shape index (κ1) is 12.0. The minimum Gasteiger partial charge on any atom is -0.340 e. The molecule has 1 aromatic rings. The maximum Gasteiger partial charge on any atom is 0.165 e. The van der Waals surface area contributed by atoms with Gasteiger partial charge in [0.2, 0.25) is 0 Å². The molecular weight excluding hydrogens is 218 g/mol. The fraction of sp³-hybridized carbons (Fsp3) is 0.750. The monoisotopic (exact) mass is 239 g/mol. The molecule has 1 aliphatic rings. The standard InChI is InChI=1S/C12H21N3S/c1-10-2-4-11(5-3-10)13-8-9-16-12-14-6-7-15-12/h6-7,10-11,13H,2-5,8-9H2,1H3,(H,14,15). The van der Waals surface area contributed by atoms with Crippen LogP contribution in [0, 0.1) is 5.92 Å². The normalized spacial score (nSPS) is 25.8. The van der Waals surface area contributed by atoms with E-state index in [1.807, 2.05) is 6.20 Å². The van der Waals surface area contributed by atoms with Crippen molar-refractivity contribution in [2.24, 2.45) is 5.92 Å². The SMILES string of the molecule is CC1CCC(NCCSc2ncc[nH]2)CC1. The molecule has 4 heteroatoms. The summed E-state index contributed by atoms with van der Waals surface area (Å²) in [5.41, 5.74) is 0. The van der Waals surface area contributed by atoms with Gasteiger partial charge in [-0.15, -0.1) is 0 Å². The number of H-pyrrole nitrogens is 1. The Morgan fingerprint density at radius 2 is 2.25 bits per heavy atom. The fourth-order valence-corrected chi connectivity index (χ4v) is 2.90. The highest BCUT2D eigenvalue weighted by Crippen LogP contribution is 2.23. The molecule has 16 heavy (non-hydrogen) atoms. The highest BCUT2D eigenvalue weighted by atomic mass is 32.2. The third-order valence-electron chi connectivity index (χ3n) is 3.26. The lowest BCUT2D eigenvalue weighted by molar-refractivity contribution is 0.312. The number of aromatic nitrogens is 2. The van der Waals surface area contributed by atoms with Crippen molar-refractivity contribution in [1.29, 1.82) is 0 Å². The van der Waals surface area contributed by atoms with E-state index in [9.17, 15) is 0 Å². The second kappa shape index (κ2) is 6.30. The summed E-state index contributed by atoms with van der Waals surface area (Å²) in [6.07, 6.45) is 9.17. The molecule has 0 aliphatic heterocycles. The van der Waals surface area contributed by atoms with Gasteiger partial charge in [-0.25, -0.2) is 4.98 Å². The van der Waals surface area contributed by atoms with E-state index in [0.29, 0.717) is 0 Å². The van der Waals surface area contributed by atoms with Crippen molar-refractivity contribution in [2.75, 3.05) is 12.3 Å². The number of hydrogen-bond donors (Lipinski definition) is 2. The maximum absolute atomic E-state index is 4.19. The summed E-state index contributed by atoms with van der Waals surface area (Å²) in [6, 6.07) is 0.758. The average Bonchev–Trinajstić information content (AvgIpc) is 2.80. The van der Waals surface area contributed by atoms with Crippen LogP contribution in [0.15, 0.2) is 17.6 Å². The molecule has 3 nitrogen and oxygen atoms in total. The number of hydrogen-bond acceptors (Lipinski definition) is 3. The number of rotatable bonds is 5. The third-order valence-corrected chi connectivity index (χ3v) is 4.17. The van der Waals surface area contributed by atoms with Crippen LogP contribution in [0.2, 0.25) is 0 Å². The minimum absolute atomic E-state index is 0.758. The van der Waals surface area contributed by atoms with Gasteiger partial charge < -0.3 is 10.3 Å². The molecule has 1 fully saturated rings. The summed E-state index contributed by atoms with van der Waals surface area (Å²) in [5.74, 6) is 2.04. The van der Waals surface area contributed by atoms with Crippen LogP contribution in [0.1, 0.15) is 32.6 Å². The second-order valence-corrected chi connectivity index (χ2v) is 5.74. The van der Waals surface area contributed by atoms with Crippen molar-refractivity contribution in [1.82, 2.24) is 15.3 Å². The zero-order valence-electron chi connectivity index (χ0n) is 9.91. The van der Waals surface area contributed by atoms with Crippen molar-refractivity contribution in [3.63, 3.8) is 0 Å². The smallest absolute Gasteiger partial charge is 0.165 e. The van der Waals surface area contributed by atoms with E-state index in [2.05, 4.69) is 22.2 Å². The number of imidazole rings is 1. The lowest BCUT2D eigenvalue weighted by atomic mass is 9.87. The van der Waals surface area contributed by atoms with Gasteiger partial charge >= 0.3 is 0 Å². The summed E-state index contributed by atoms with van der Waals surface area (Å²) in [4.78, 5) is 7.30. The van der Waals surface area contributed by atoms with Gasteiger partial charge in [-0.3, -0.25) is 0 Å². The maximum atomic E-state index is 4.19. The van der Waals surface area contributed by atoms with Crippen LogP contribution >= 0.6 is 11.8 Å². The molecule has 0 amide bonds. The van der Waals surface area contributed by atoms with Crippen LogP contribution in [-0.4, -0.2) is 28.3 Å². The Bertz CT molecular complexity index is 278. The van der Waals surface area contributed by atoms with Crippen molar-refractivity contribution in [3.05, 3.63) is 12.4 Å². The topological polar surface area (TPSA) is 40.7 Å². The number of nitrogens with one attached hydrogen (secondary N) is 2. The van der Waals surface area contributed by atoms with Crippen LogP contribution in [0.25, 0.3) is 0 Å². The average molecular weight is 239 g/mol. The van der Waals surface area contributed by atoms with Crippen LogP contribution < -0.4 is 5.32 Å². The van der Waals surface area contributed by atoms with E-state index in [-0.39, 0.29) is 0 Å². The van der Waals surface area contributed by atoms with Crippen molar-refractivity contribution < 1.29 is 0 Å². The zero-order chi connectivity index (χ0) is 11.2. The number of aromatic amines is 1. The Balaban J connectivity index is 1.55. The Hall–Kier alpha value is -0.480. The summed E-state index contributed by atoms with van der Waals surface area (Å²) in [6.45, 7) is 3.45. The molecule has 0 aromatic carbocycles. The molecule has 2 rings (SSSR count). The molecule has 0 spiro atoms. The zero-order valence-corrected chi connectivity index (χ0v) is 10.7. The molecule has 0 unspecified atom stereocenters. The molecule has 1 saturated carbocycles. The van der Waals surface area contributed by atoms with Gasteiger partial charge in [-0.05, 0) is 31.6 Å². The van der Waals surface area contributed by atoms with Gasteiger partial charge in [0.25, 0.3) is 0 Å². The van der Waals surface area contributed by atoms with Crippen LogP contribution in [0.4, 0.5) is 0 Å². The molecule has 0 atom stereocenters. The first-order valence-corrected chi connectivity index (χ1v) is 7.18. The molecule has 0 radical (unpaired) electrons. The van der Waals surface area contributed by atoms with Gasteiger partial charge in [0.15, 0.2) is 5.16 Å². The summed E-state index contributed by atoms with van der Waals surface area (Å²) in [5, 5.41) is 4.67. The van der Waals surface area contributed by atoms with Gasteiger partial charge in [0, 0.05) is 30.7 Å². The Morgan fingerprint density at radius 1 is 1.44 bits per heavy atom. The fourth-order valence-electron chi connectivity index (χ4n) is 2.20. The van der Waals surface area contributed by atoms with E-state index in [0.717, 1.165) is 29.4 Å². The highest BCUT2D eigenvalue weighted by molar-refractivity contribution is 7.99. The van der Waals surface area contributed by atoms with Crippen LogP contribution in [0.5, 0.6) is 0 Å². The summed E-state index contributed by atoms with van der Waals surface area (Å²) in [7, 11) is 0. The molecule has 2 N–H and O–H groups in total. The molecule has 0 saturated heterocycles. The predicted molar refractivity (Wildman–Crippen MR) is 68.7 cm³/mol. The Morgan fingerprint density at radius 3 is 2.94 bits per heavy atom. The van der Waals surface area contributed by atoms with Gasteiger partial charge in [-0.1, -0.05) is 18.7 Å². The molecule has 1 aromatic heterocycles. The largest absolute Gasteiger partial charge is 0.340 e. The van der Waals surface area contributed by atoms with E-state index < -0.39 is 0 Å². The van der Waals surface area contributed by atoms with E-state index >= 15 is 0 Å². The summed E-state index contributed by atoms with van der Waals surface area (Å²) < 4.78 is 0. The lowest BCUT2D eigenvalue weighted by Crippen LogP contribution is -2.34. The molecule has 1 heterocycles. The third kappa shape index (κ3) is 3.83. The van der Waals surface area contributed by atoms with E-state index in [1.54, 1.807) is 18.0 Å². The second-order valence-electron chi connectivity index (χ2n) is 4.65. The van der Waals surface area contributed by atoms with Gasteiger partial charge in [-0.2, -0.15) is 0 Å². The Kier molecular flexibility index (Phi) is 4.72. The van der Waals surface area contributed by atoms with Gasteiger partial charge in [0.1, 0.15) is 0 Å². The number of nitrogens with zero attached hydrogens (tertiary/aromatic N) is 1. The van der Waals surface area contributed by atoms with Crippen LogP contribution in [0.3, 0.4) is 0 Å². The first-order chi connectivity index (χ1) is 7.84. The molecule has 1 aliphatic carbocycles. The summed E-state index contributed by atoms with van der Waals surface area (Å²) >= 11 is 1.79. The van der Waals surface area contributed by atoms with Crippen molar-refractivity contribution in [2.45, 2.75) is 43.8 Å².